The number of aryl methyl sites for hydroxylation is 1. The maximum atomic E-state index is 9.50. The molecule has 1 saturated heterocycles. The highest BCUT2D eigenvalue weighted by Crippen LogP contribution is 2.12. The molecule has 1 aromatic rings. The first-order valence-corrected chi connectivity index (χ1v) is 5.50. The Morgan fingerprint density at radius 3 is 3.13 bits per heavy atom. The molecule has 1 aliphatic heterocycles. The molecule has 1 unspecified atom stereocenters. The Labute approximate surface area is 89.1 Å². The zero-order valence-electron chi connectivity index (χ0n) is 9.02. The van der Waals surface area contributed by atoms with Crippen LogP contribution in [0.15, 0.2) is 4.52 Å². The van der Waals surface area contributed by atoms with Gasteiger partial charge in [0.1, 0.15) is 0 Å². The van der Waals surface area contributed by atoms with E-state index in [9.17, 15) is 5.11 Å². The summed E-state index contributed by atoms with van der Waals surface area (Å²) in [6, 6.07) is 0. The van der Waals surface area contributed by atoms with E-state index in [0.29, 0.717) is 19.0 Å². The lowest BCUT2D eigenvalue weighted by molar-refractivity contribution is 0.0613. The summed E-state index contributed by atoms with van der Waals surface area (Å²) < 4.78 is 5.11. The van der Waals surface area contributed by atoms with Crippen LogP contribution in [0.3, 0.4) is 0 Å². The molecule has 1 N–H and O–H groups in total. The van der Waals surface area contributed by atoms with Gasteiger partial charge in [0.15, 0.2) is 5.82 Å². The highest BCUT2D eigenvalue weighted by Gasteiger charge is 2.19. The second-order valence-corrected chi connectivity index (χ2v) is 3.99. The van der Waals surface area contributed by atoms with E-state index in [4.69, 9.17) is 4.52 Å². The van der Waals surface area contributed by atoms with Gasteiger partial charge in [-0.3, -0.25) is 4.90 Å². The fourth-order valence-corrected chi connectivity index (χ4v) is 1.86. The monoisotopic (exact) mass is 211 g/mol. The lowest BCUT2D eigenvalue weighted by atomic mass is 10.1. The molecule has 1 fully saturated rings. The first-order valence-electron chi connectivity index (χ1n) is 5.50. The molecular formula is C10H17N3O2. The van der Waals surface area contributed by atoms with E-state index in [1.807, 2.05) is 6.92 Å². The molecule has 5 heteroatoms. The highest BCUT2D eigenvalue weighted by molar-refractivity contribution is 4.86. The van der Waals surface area contributed by atoms with E-state index in [0.717, 1.165) is 31.6 Å². The van der Waals surface area contributed by atoms with Gasteiger partial charge in [-0.2, -0.15) is 4.98 Å². The molecule has 2 rings (SSSR count). The third-order valence-corrected chi connectivity index (χ3v) is 2.67. The van der Waals surface area contributed by atoms with Crippen molar-refractivity contribution >= 4 is 0 Å². The van der Waals surface area contributed by atoms with E-state index < -0.39 is 0 Å². The van der Waals surface area contributed by atoms with Crippen LogP contribution in [-0.4, -0.2) is 39.3 Å². The van der Waals surface area contributed by atoms with Crippen molar-refractivity contribution in [2.45, 2.75) is 38.8 Å². The van der Waals surface area contributed by atoms with Gasteiger partial charge in [0, 0.05) is 13.0 Å². The Bertz CT molecular complexity index is 313. The first-order chi connectivity index (χ1) is 7.28. The van der Waals surface area contributed by atoms with E-state index in [-0.39, 0.29) is 6.10 Å². The predicted molar refractivity (Wildman–Crippen MR) is 54.2 cm³/mol. The normalized spacial score (nSPS) is 23.2. The number of hydrogen-bond acceptors (Lipinski definition) is 5. The molecule has 2 heterocycles. The Hall–Kier alpha value is -0.940. The minimum atomic E-state index is -0.202. The average Bonchev–Trinajstić information content (AvgIpc) is 2.65. The van der Waals surface area contributed by atoms with Crippen LogP contribution in [0.25, 0.3) is 0 Å². The SMILES string of the molecule is CCc1noc(CN2CCCC(O)C2)n1. The Morgan fingerprint density at radius 1 is 1.60 bits per heavy atom. The Balaban J connectivity index is 1.90. The van der Waals surface area contributed by atoms with Gasteiger partial charge in [-0.25, -0.2) is 0 Å². The van der Waals surface area contributed by atoms with E-state index in [2.05, 4.69) is 15.0 Å². The smallest absolute Gasteiger partial charge is 0.240 e. The molecule has 1 aliphatic rings. The topological polar surface area (TPSA) is 62.4 Å². The van der Waals surface area contributed by atoms with Crippen molar-refractivity contribution in [1.29, 1.82) is 0 Å². The van der Waals surface area contributed by atoms with Crippen LogP contribution < -0.4 is 0 Å². The van der Waals surface area contributed by atoms with E-state index in [1.54, 1.807) is 0 Å². The van der Waals surface area contributed by atoms with Gasteiger partial charge >= 0.3 is 0 Å². The van der Waals surface area contributed by atoms with Crippen LogP contribution in [0, 0.1) is 0 Å². The summed E-state index contributed by atoms with van der Waals surface area (Å²) in [6.45, 7) is 4.37. The zero-order chi connectivity index (χ0) is 10.7. The van der Waals surface area contributed by atoms with Crippen molar-refractivity contribution in [2.24, 2.45) is 0 Å². The molecule has 1 atom stereocenters. The zero-order valence-corrected chi connectivity index (χ0v) is 9.02. The molecule has 0 aliphatic carbocycles. The summed E-state index contributed by atoms with van der Waals surface area (Å²) in [5, 5.41) is 13.3. The molecular weight excluding hydrogens is 194 g/mol. The summed E-state index contributed by atoms with van der Waals surface area (Å²) in [6.07, 6.45) is 2.54. The fraction of sp³-hybridized carbons (Fsp3) is 0.800. The number of aliphatic hydroxyl groups excluding tert-OH is 1. The molecule has 1 aromatic heterocycles. The molecule has 0 bridgehead atoms. The molecule has 0 aromatic carbocycles. The van der Waals surface area contributed by atoms with Crippen molar-refractivity contribution in [3.8, 4) is 0 Å². The standard InChI is InChI=1S/C10H17N3O2/c1-2-9-11-10(15-12-9)7-13-5-3-4-8(14)6-13/h8,14H,2-7H2,1H3. The second kappa shape index (κ2) is 4.72. The van der Waals surface area contributed by atoms with Gasteiger partial charge in [0.2, 0.25) is 5.89 Å². The number of aromatic nitrogens is 2. The molecule has 0 saturated carbocycles. The summed E-state index contributed by atoms with van der Waals surface area (Å²) in [5.74, 6) is 1.41. The quantitative estimate of drug-likeness (QED) is 0.792. The summed E-state index contributed by atoms with van der Waals surface area (Å²) in [7, 11) is 0. The lowest BCUT2D eigenvalue weighted by Gasteiger charge is -2.28. The van der Waals surface area contributed by atoms with Crippen molar-refractivity contribution in [3.05, 3.63) is 11.7 Å². The molecule has 0 amide bonds. The van der Waals surface area contributed by atoms with Crippen LogP contribution >= 0.6 is 0 Å². The van der Waals surface area contributed by atoms with Gasteiger partial charge in [0.05, 0.1) is 12.6 Å². The maximum absolute atomic E-state index is 9.50. The predicted octanol–water partition coefficient (Wildman–Crippen LogP) is 0.589. The van der Waals surface area contributed by atoms with E-state index in [1.165, 1.54) is 0 Å². The molecule has 84 valence electrons. The molecule has 5 nitrogen and oxygen atoms in total. The third kappa shape index (κ3) is 2.76. The lowest BCUT2D eigenvalue weighted by Crippen LogP contribution is -2.37. The summed E-state index contributed by atoms with van der Waals surface area (Å²) in [4.78, 5) is 6.40. The number of likely N-dealkylation sites (tertiary alicyclic amines) is 1. The van der Waals surface area contributed by atoms with Gasteiger partial charge in [-0.15, -0.1) is 0 Å². The number of β-amino-alcohol motifs (C(OH)–C–C–N with tert-alkyl or cyclic N) is 1. The third-order valence-electron chi connectivity index (χ3n) is 2.67. The number of aliphatic hydroxyl groups is 1. The molecule has 0 spiro atoms. The van der Waals surface area contributed by atoms with Crippen LogP contribution in [0.4, 0.5) is 0 Å². The molecule has 0 radical (unpaired) electrons. The maximum Gasteiger partial charge on any atom is 0.240 e. The van der Waals surface area contributed by atoms with Crippen molar-refractivity contribution in [3.63, 3.8) is 0 Å². The van der Waals surface area contributed by atoms with E-state index >= 15 is 0 Å². The van der Waals surface area contributed by atoms with Crippen molar-refractivity contribution in [1.82, 2.24) is 15.0 Å². The minimum absolute atomic E-state index is 0.202. The van der Waals surface area contributed by atoms with Gasteiger partial charge < -0.3 is 9.63 Å². The largest absolute Gasteiger partial charge is 0.392 e. The molecule has 15 heavy (non-hydrogen) atoms. The second-order valence-electron chi connectivity index (χ2n) is 3.99. The first kappa shape index (κ1) is 10.6. The number of piperidine rings is 1. The fourth-order valence-electron chi connectivity index (χ4n) is 1.86. The van der Waals surface area contributed by atoms with Crippen LogP contribution in [-0.2, 0) is 13.0 Å². The van der Waals surface area contributed by atoms with Gasteiger partial charge in [-0.05, 0) is 19.4 Å². The van der Waals surface area contributed by atoms with Crippen molar-refractivity contribution in [2.75, 3.05) is 13.1 Å². The van der Waals surface area contributed by atoms with Crippen LogP contribution in [0.2, 0.25) is 0 Å². The number of nitrogens with zero attached hydrogens (tertiary/aromatic N) is 3. The minimum Gasteiger partial charge on any atom is -0.392 e. The summed E-state index contributed by atoms with van der Waals surface area (Å²) >= 11 is 0. The Morgan fingerprint density at radius 2 is 2.47 bits per heavy atom. The average molecular weight is 211 g/mol. The van der Waals surface area contributed by atoms with Crippen molar-refractivity contribution < 1.29 is 9.63 Å². The van der Waals surface area contributed by atoms with Gasteiger partial charge in [-0.1, -0.05) is 12.1 Å². The van der Waals surface area contributed by atoms with Gasteiger partial charge in [0.25, 0.3) is 0 Å². The number of hydrogen-bond donors (Lipinski definition) is 1. The highest BCUT2D eigenvalue weighted by atomic mass is 16.5. The van der Waals surface area contributed by atoms with Crippen LogP contribution in [0.1, 0.15) is 31.5 Å². The summed E-state index contributed by atoms with van der Waals surface area (Å²) in [5.41, 5.74) is 0. The van der Waals surface area contributed by atoms with Crippen LogP contribution in [0.5, 0.6) is 0 Å². The number of rotatable bonds is 3. The Kier molecular flexibility index (Phi) is 3.33.